The first-order valence-electron chi connectivity index (χ1n) is 6.68. The van der Waals surface area contributed by atoms with Gasteiger partial charge in [-0.2, -0.15) is 0 Å². The monoisotopic (exact) mass is 293 g/mol. The Labute approximate surface area is 123 Å². The SMILES string of the molecule is COc1cccc(CC(=O)N2CC(C)(OCC(=O)O)C2)c1. The maximum absolute atomic E-state index is 12.1. The van der Waals surface area contributed by atoms with Crippen LogP contribution in [0, 0.1) is 0 Å². The van der Waals surface area contributed by atoms with Gasteiger partial charge in [0.25, 0.3) is 0 Å². The molecule has 0 saturated carbocycles. The van der Waals surface area contributed by atoms with Gasteiger partial charge in [0.05, 0.1) is 26.6 Å². The predicted molar refractivity (Wildman–Crippen MR) is 75.3 cm³/mol. The predicted octanol–water partition coefficient (Wildman–Crippen LogP) is 0.940. The number of hydrogen-bond donors (Lipinski definition) is 1. The molecule has 6 nitrogen and oxygen atoms in total. The fourth-order valence-corrected chi connectivity index (χ4v) is 2.33. The molecule has 1 fully saturated rings. The molecule has 1 heterocycles. The average molecular weight is 293 g/mol. The lowest BCUT2D eigenvalue weighted by Crippen LogP contribution is -2.63. The third kappa shape index (κ3) is 3.95. The van der Waals surface area contributed by atoms with Gasteiger partial charge in [0.15, 0.2) is 0 Å². The van der Waals surface area contributed by atoms with Crippen molar-refractivity contribution in [3.8, 4) is 5.75 Å². The quantitative estimate of drug-likeness (QED) is 0.844. The van der Waals surface area contributed by atoms with Gasteiger partial charge in [-0.3, -0.25) is 4.79 Å². The Morgan fingerprint density at radius 3 is 2.71 bits per heavy atom. The van der Waals surface area contributed by atoms with Gasteiger partial charge in [-0.05, 0) is 24.6 Å². The number of amides is 1. The number of aliphatic carboxylic acids is 1. The normalized spacial score (nSPS) is 16.2. The Morgan fingerprint density at radius 2 is 2.10 bits per heavy atom. The molecule has 0 bridgehead atoms. The second-order valence-corrected chi connectivity index (χ2v) is 5.41. The van der Waals surface area contributed by atoms with Crippen LogP contribution in [-0.4, -0.2) is 54.3 Å². The molecule has 6 heteroatoms. The van der Waals surface area contributed by atoms with Crippen LogP contribution < -0.4 is 4.74 Å². The average Bonchev–Trinajstić information content (AvgIpc) is 2.42. The van der Waals surface area contributed by atoms with E-state index in [1.54, 1.807) is 12.0 Å². The second kappa shape index (κ2) is 6.13. The number of hydrogen-bond acceptors (Lipinski definition) is 4. The molecule has 0 unspecified atom stereocenters. The molecule has 0 aliphatic carbocycles. The van der Waals surface area contributed by atoms with E-state index in [2.05, 4.69) is 0 Å². The van der Waals surface area contributed by atoms with Crippen molar-refractivity contribution in [3.63, 3.8) is 0 Å². The maximum Gasteiger partial charge on any atom is 0.329 e. The van der Waals surface area contributed by atoms with E-state index < -0.39 is 11.6 Å². The van der Waals surface area contributed by atoms with Crippen LogP contribution in [0.1, 0.15) is 12.5 Å². The highest BCUT2D eigenvalue weighted by Crippen LogP contribution is 2.25. The van der Waals surface area contributed by atoms with E-state index in [0.29, 0.717) is 19.5 Å². The highest BCUT2D eigenvalue weighted by molar-refractivity contribution is 5.80. The zero-order valence-corrected chi connectivity index (χ0v) is 12.2. The fourth-order valence-electron chi connectivity index (χ4n) is 2.33. The van der Waals surface area contributed by atoms with Gasteiger partial charge in [0.2, 0.25) is 5.91 Å². The van der Waals surface area contributed by atoms with Crippen molar-refractivity contribution in [3.05, 3.63) is 29.8 Å². The van der Waals surface area contributed by atoms with Gasteiger partial charge in [0, 0.05) is 0 Å². The van der Waals surface area contributed by atoms with Crippen molar-refractivity contribution in [2.45, 2.75) is 18.9 Å². The maximum atomic E-state index is 12.1. The van der Waals surface area contributed by atoms with Gasteiger partial charge in [0.1, 0.15) is 18.0 Å². The lowest BCUT2D eigenvalue weighted by molar-refractivity contribution is -0.172. The second-order valence-electron chi connectivity index (χ2n) is 5.41. The van der Waals surface area contributed by atoms with Gasteiger partial charge < -0.3 is 19.5 Å². The van der Waals surface area contributed by atoms with E-state index in [1.807, 2.05) is 31.2 Å². The molecule has 0 aromatic heterocycles. The first-order valence-corrected chi connectivity index (χ1v) is 6.68. The number of carboxylic acids is 1. The summed E-state index contributed by atoms with van der Waals surface area (Å²) in [5.74, 6) is -0.282. The number of methoxy groups -OCH3 is 1. The third-order valence-electron chi connectivity index (χ3n) is 3.44. The molecule has 1 aromatic carbocycles. The summed E-state index contributed by atoms with van der Waals surface area (Å²) in [6.45, 7) is 2.31. The Hall–Kier alpha value is -2.08. The topological polar surface area (TPSA) is 76.1 Å². The number of nitrogens with zero attached hydrogens (tertiary/aromatic N) is 1. The van der Waals surface area contributed by atoms with Crippen molar-refractivity contribution in [2.75, 3.05) is 26.8 Å². The number of benzene rings is 1. The third-order valence-corrected chi connectivity index (χ3v) is 3.44. The van der Waals surface area contributed by atoms with E-state index in [0.717, 1.165) is 11.3 Å². The van der Waals surface area contributed by atoms with Gasteiger partial charge in [-0.1, -0.05) is 12.1 Å². The molecule has 0 spiro atoms. The van der Waals surface area contributed by atoms with Crippen molar-refractivity contribution in [1.29, 1.82) is 0 Å². The largest absolute Gasteiger partial charge is 0.497 e. The molecule has 1 aliphatic heterocycles. The number of carboxylic acid groups (broad SMARTS) is 1. The summed E-state index contributed by atoms with van der Waals surface area (Å²) in [7, 11) is 1.58. The molecular weight excluding hydrogens is 274 g/mol. The molecule has 1 aliphatic rings. The summed E-state index contributed by atoms with van der Waals surface area (Å²) in [5.41, 5.74) is 0.335. The van der Waals surface area contributed by atoms with Crippen LogP contribution in [0.25, 0.3) is 0 Å². The lowest BCUT2D eigenvalue weighted by atomic mass is 9.95. The smallest absolute Gasteiger partial charge is 0.329 e. The molecule has 0 atom stereocenters. The molecule has 21 heavy (non-hydrogen) atoms. The van der Waals surface area contributed by atoms with E-state index >= 15 is 0 Å². The summed E-state index contributed by atoms with van der Waals surface area (Å²) < 4.78 is 10.4. The Bertz CT molecular complexity index is 537. The fraction of sp³-hybridized carbons (Fsp3) is 0.467. The van der Waals surface area contributed by atoms with Crippen molar-refractivity contribution in [2.24, 2.45) is 0 Å². The molecule has 0 radical (unpaired) electrons. The zero-order chi connectivity index (χ0) is 15.5. The molecule has 1 N–H and O–H groups in total. The highest BCUT2D eigenvalue weighted by Gasteiger charge is 2.42. The van der Waals surface area contributed by atoms with Crippen molar-refractivity contribution < 1.29 is 24.2 Å². The van der Waals surface area contributed by atoms with Gasteiger partial charge >= 0.3 is 5.97 Å². The minimum Gasteiger partial charge on any atom is -0.497 e. The number of likely N-dealkylation sites (tertiary alicyclic amines) is 1. The Balaban J connectivity index is 1.84. The molecule has 2 rings (SSSR count). The first kappa shape index (κ1) is 15.3. The summed E-state index contributed by atoms with van der Waals surface area (Å²) in [6.07, 6.45) is 0.298. The van der Waals surface area contributed by atoms with E-state index in [4.69, 9.17) is 14.6 Å². The van der Waals surface area contributed by atoms with E-state index in [-0.39, 0.29) is 12.5 Å². The molecule has 1 saturated heterocycles. The van der Waals surface area contributed by atoms with E-state index in [9.17, 15) is 9.59 Å². The summed E-state index contributed by atoms with van der Waals surface area (Å²) in [6, 6.07) is 7.38. The minimum atomic E-state index is -1.00. The first-order chi connectivity index (χ1) is 9.92. The Kier molecular flexibility index (Phi) is 4.47. The van der Waals surface area contributed by atoms with Gasteiger partial charge in [-0.25, -0.2) is 4.79 Å². The van der Waals surface area contributed by atoms with Crippen LogP contribution in [0.3, 0.4) is 0 Å². The number of carbonyl (C=O) groups excluding carboxylic acids is 1. The van der Waals surface area contributed by atoms with Crippen LogP contribution in [0.2, 0.25) is 0 Å². The minimum absolute atomic E-state index is 0.000321. The van der Waals surface area contributed by atoms with Crippen molar-refractivity contribution in [1.82, 2.24) is 4.90 Å². The van der Waals surface area contributed by atoms with Crippen molar-refractivity contribution >= 4 is 11.9 Å². The number of rotatable bonds is 6. The molecular formula is C15H19NO5. The summed E-state index contributed by atoms with van der Waals surface area (Å²) in [4.78, 5) is 24.3. The number of carbonyl (C=O) groups is 2. The van der Waals surface area contributed by atoms with E-state index in [1.165, 1.54) is 0 Å². The van der Waals surface area contributed by atoms with Gasteiger partial charge in [-0.15, -0.1) is 0 Å². The van der Waals surface area contributed by atoms with Crippen LogP contribution in [0.5, 0.6) is 5.75 Å². The standard InChI is InChI=1S/C15H19NO5/c1-15(21-8-14(18)19)9-16(10-15)13(17)7-11-4-3-5-12(6-11)20-2/h3-6H,7-10H2,1-2H3,(H,18,19). The number of ether oxygens (including phenoxy) is 2. The van der Waals surface area contributed by atoms with Crippen LogP contribution >= 0.6 is 0 Å². The molecule has 114 valence electrons. The lowest BCUT2D eigenvalue weighted by Gasteiger charge is -2.47. The molecule has 1 aromatic rings. The Morgan fingerprint density at radius 1 is 1.38 bits per heavy atom. The zero-order valence-electron chi connectivity index (χ0n) is 12.2. The molecule has 1 amide bonds. The highest BCUT2D eigenvalue weighted by atomic mass is 16.5. The summed E-state index contributed by atoms with van der Waals surface area (Å²) in [5, 5.41) is 8.60. The van der Waals surface area contributed by atoms with Crippen LogP contribution in [-0.2, 0) is 20.7 Å². The summed E-state index contributed by atoms with van der Waals surface area (Å²) >= 11 is 0. The van der Waals surface area contributed by atoms with Crippen LogP contribution in [0.4, 0.5) is 0 Å². The van der Waals surface area contributed by atoms with Crippen LogP contribution in [0.15, 0.2) is 24.3 Å².